The van der Waals surface area contributed by atoms with Crippen molar-refractivity contribution in [3.8, 4) is 0 Å². The van der Waals surface area contributed by atoms with E-state index < -0.39 is 0 Å². The minimum Gasteiger partial charge on any atom is -0.336 e. The molecule has 6 heteroatoms. The molecule has 0 bridgehead atoms. The summed E-state index contributed by atoms with van der Waals surface area (Å²) in [5.74, 6) is 0.0813. The van der Waals surface area contributed by atoms with Crippen LogP contribution in [0.3, 0.4) is 0 Å². The normalized spacial score (nSPS) is 22.9. The van der Waals surface area contributed by atoms with Crippen molar-refractivity contribution in [1.29, 1.82) is 0 Å². The topological polar surface area (TPSA) is 64.3 Å². The molecule has 6 nitrogen and oxygen atoms in total. The summed E-state index contributed by atoms with van der Waals surface area (Å²) in [6, 6.07) is 0.459. The number of aromatic amines is 1. The Hall–Kier alpha value is -1.40. The lowest BCUT2D eigenvalue weighted by atomic mass is 10.0. The van der Waals surface area contributed by atoms with Crippen LogP contribution in [0.5, 0.6) is 0 Å². The average Bonchev–Trinajstić information content (AvgIpc) is 2.90. The van der Waals surface area contributed by atoms with Crippen molar-refractivity contribution >= 4 is 5.91 Å². The van der Waals surface area contributed by atoms with Crippen molar-refractivity contribution in [2.45, 2.75) is 31.8 Å². The van der Waals surface area contributed by atoms with E-state index in [2.05, 4.69) is 34.5 Å². The van der Waals surface area contributed by atoms with E-state index in [0.29, 0.717) is 11.7 Å². The van der Waals surface area contributed by atoms with Gasteiger partial charge in [0.25, 0.3) is 5.91 Å². The van der Waals surface area contributed by atoms with Crippen LogP contribution in [0.15, 0.2) is 0 Å². The van der Waals surface area contributed by atoms with Gasteiger partial charge in [0.1, 0.15) is 0 Å². The van der Waals surface area contributed by atoms with Crippen LogP contribution in [-0.2, 0) is 13.0 Å². The Morgan fingerprint density at radius 2 is 2.30 bits per heavy atom. The number of hydrogen-bond donors (Lipinski definition) is 2. The highest BCUT2D eigenvalue weighted by Crippen LogP contribution is 2.20. The summed E-state index contributed by atoms with van der Waals surface area (Å²) >= 11 is 0. The van der Waals surface area contributed by atoms with Gasteiger partial charge in [0.05, 0.1) is 0 Å². The van der Waals surface area contributed by atoms with Crippen molar-refractivity contribution in [3.05, 3.63) is 17.0 Å². The van der Waals surface area contributed by atoms with E-state index in [1.54, 1.807) is 0 Å². The van der Waals surface area contributed by atoms with Gasteiger partial charge in [0.2, 0.25) is 0 Å². The third kappa shape index (κ3) is 2.45. The lowest BCUT2D eigenvalue weighted by molar-refractivity contribution is 0.0628. The molecular weight excluding hydrogens is 254 g/mol. The molecule has 1 saturated heterocycles. The van der Waals surface area contributed by atoms with E-state index in [-0.39, 0.29) is 5.91 Å². The smallest absolute Gasteiger partial charge is 0.274 e. The molecule has 1 atom stereocenters. The average molecular weight is 277 g/mol. The fourth-order valence-electron chi connectivity index (χ4n) is 3.11. The highest BCUT2D eigenvalue weighted by molar-refractivity contribution is 5.94. The first-order chi connectivity index (χ1) is 9.66. The summed E-state index contributed by atoms with van der Waals surface area (Å²) in [6.07, 6.45) is 3.16. The van der Waals surface area contributed by atoms with Crippen LogP contribution in [-0.4, -0.2) is 65.7 Å². The SMILES string of the molecule is CN(C)C1CCCN(C(=O)c2n[nH]c3c2CNCC3)C1. The van der Waals surface area contributed by atoms with Crippen LogP contribution in [0.25, 0.3) is 0 Å². The zero-order valence-electron chi connectivity index (χ0n) is 12.3. The number of likely N-dealkylation sites (N-methyl/N-ethyl adjacent to an activating group) is 1. The summed E-state index contributed by atoms with van der Waals surface area (Å²) in [7, 11) is 4.16. The Morgan fingerprint density at radius 3 is 3.10 bits per heavy atom. The summed E-state index contributed by atoms with van der Waals surface area (Å²) in [6.45, 7) is 3.35. The molecule has 2 aliphatic rings. The summed E-state index contributed by atoms with van der Waals surface area (Å²) in [5.41, 5.74) is 2.80. The van der Waals surface area contributed by atoms with Crippen LogP contribution in [0, 0.1) is 0 Å². The van der Waals surface area contributed by atoms with Crippen molar-refractivity contribution in [2.24, 2.45) is 0 Å². The summed E-state index contributed by atoms with van der Waals surface area (Å²) in [4.78, 5) is 16.9. The van der Waals surface area contributed by atoms with Gasteiger partial charge in [-0.2, -0.15) is 5.10 Å². The number of rotatable bonds is 2. The zero-order chi connectivity index (χ0) is 14.1. The maximum absolute atomic E-state index is 12.7. The number of likely N-dealkylation sites (tertiary alicyclic amines) is 1. The number of carbonyl (C=O) groups excluding carboxylic acids is 1. The highest BCUT2D eigenvalue weighted by atomic mass is 16.2. The molecule has 1 fully saturated rings. The molecule has 3 heterocycles. The van der Waals surface area contributed by atoms with Crippen LogP contribution in [0.1, 0.15) is 34.6 Å². The van der Waals surface area contributed by atoms with Crippen molar-refractivity contribution in [2.75, 3.05) is 33.7 Å². The van der Waals surface area contributed by atoms with Crippen LogP contribution < -0.4 is 5.32 Å². The summed E-state index contributed by atoms with van der Waals surface area (Å²) < 4.78 is 0. The molecule has 20 heavy (non-hydrogen) atoms. The van der Waals surface area contributed by atoms with E-state index in [4.69, 9.17) is 0 Å². The number of carbonyl (C=O) groups is 1. The maximum Gasteiger partial charge on any atom is 0.274 e. The summed E-state index contributed by atoms with van der Waals surface area (Å²) in [5, 5.41) is 10.6. The standard InChI is InChI=1S/C14H23N5O/c1-18(2)10-4-3-7-19(9-10)14(20)13-11-8-15-6-5-12(11)16-17-13/h10,15H,3-9H2,1-2H3,(H,16,17). The van der Waals surface area contributed by atoms with E-state index in [1.165, 1.54) is 0 Å². The number of hydrogen-bond acceptors (Lipinski definition) is 4. The molecule has 0 radical (unpaired) electrons. The molecule has 1 amide bonds. The first kappa shape index (κ1) is 13.6. The van der Waals surface area contributed by atoms with Crippen LogP contribution in [0.4, 0.5) is 0 Å². The molecule has 0 saturated carbocycles. The monoisotopic (exact) mass is 277 g/mol. The molecule has 1 aromatic heterocycles. The molecule has 2 aliphatic heterocycles. The van der Waals surface area contributed by atoms with Gasteiger partial charge in [0.15, 0.2) is 5.69 Å². The number of H-pyrrole nitrogens is 1. The van der Waals surface area contributed by atoms with Crippen LogP contribution >= 0.6 is 0 Å². The number of fused-ring (bicyclic) bond motifs is 1. The molecule has 0 spiro atoms. The molecule has 0 aromatic carbocycles. The number of nitrogens with zero attached hydrogens (tertiary/aromatic N) is 3. The lowest BCUT2D eigenvalue weighted by Crippen LogP contribution is -2.47. The molecule has 3 rings (SSSR count). The van der Waals surface area contributed by atoms with Gasteiger partial charge < -0.3 is 15.1 Å². The van der Waals surface area contributed by atoms with Crippen molar-refractivity contribution in [3.63, 3.8) is 0 Å². The van der Waals surface area contributed by atoms with Gasteiger partial charge in [-0.05, 0) is 26.9 Å². The number of aromatic nitrogens is 2. The maximum atomic E-state index is 12.7. The van der Waals surface area contributed by atoms with Gasteiger partial charge in [-0.25, -0.2) is 0 Å². The highest BCUT2D eigenvalue weighted by Gasteiger charge is 2.29. The van der Waals surface area contributed by atoms with Crippen molar-refractivity contribution < 1.29 is 4.79 Å². The molecule has 0 aliphatic carbocycles. The van der Waals surface area contributed by atoms with E-state index in [9.17, 15) is 4.79 Å². The third-order valence-corrected chi connectivity index (χ3v) is 4.42. The predicted octanol–water partition coefficient (Wildman–Crippen LogP) is 0.222. The van der Waals surface area contributed by atoms with E-state index >= 15 is 0 Å². The van der Waals surface area contributed by atoms with Crippen molar-refractivity contribution in [1.82, 2.24) is 25.3 Å². The first-order valence-electron chi connectivity index (χ1n) is 7.39. The largest absolute Gasteiger partial charge is 0.336 e. The Balaban J connectivity index is 1.77. The fourth-order valence-corrected chi connectivity index (χ4v) is 3.11. The Labute approximate surface area is 119 Å². The Bertz CT molecular complexity index is 496. The molecule has 1 aromatic rings. The van der Waals surface area contributed by atoms with Gasteiger partial charge in [0, 0.05) is 49.9 Å². The molecule has 2 N–H and O–H groups in total. The quantitative estimate of drug-likeness (QED) is 0.812. The zero-order valence-corrected chi connectivity index (χ0v) is 12.3. The minimum absolute atomic E-state index is 0.0813. The van der Waals surface area contributed by atoms with Gasteiger partial charge >= 0.3 is 0 Å². The minimum atomic E-state index is 0.0813. The predicted molar refractivity (Wildman–Crippen MR) is 76.6 cm³/mol. The van der Waals surface area contributed by atoms with E-state index in [0.717, 1.165) is 56.7 Å². The number of nitrogens with one attached hydrogen (secondary N) is 2. The van der Waals surface area contributed by atoms with E-state index in [1.807, 2.05) is 4.90 Å². The second kappa shape index (κ2) is 5.54. The molecule has 110 valence electrons. The Kier molecular flexibility index (Phi) is 3.76. The third-order valence-electron chi connectivity index (χ3n) is 4.42. The van der Waals surface area contributed by atoms with Crippen LogP contribution in [0.2, 0.25) is 0 Å². The first-order valence-corrected chi connectivity index (χ1v) is 7.39. The van der Waals surface area contributed by atoms with Gasteiger partial charge in [-0.3, -0.25) is 9.89 Å². The number of amides is 1. The molecule has 1 unspecified atom stereocenters. The lowest BCUT2D eigenvalue weighted by Gasteiger charge is -2.36. The number of piperidine rings is 1. The van der Waals surface area contributed by atoms with Gasteiger partial charge in [-0.15, -0.1) is 0 Å². The Morgan fingerprint density at radius 1 is 1.45 bits per heavy atom. The second-order valence-electron chi connectivity index (χ2n) is 5.97. The van der Waals surface area contributed by atoms with Gasteiger partial charge in [-0.1, -0.05) is 0 Å². The fraction of sp³-hybridized carbons (Fsp3) is 0.714. The second-order valence-corrected chi connectivity index (χ2v) is 5.97. The molecular formula is C14H23N5O.